The molecule has 10 heavy (non-hydrogen) atoms. The van der Waals surface area contributed by atoms with Crippen LogP contribution in [0.5, 0.6) is 0 Å². The standard InChI is InChI=1S/C9H19N/c1-5-7-10-9(4)8(3)6-2/h8H,5-7H2,1-4H3. The second kappa shape index (κ2) is 5.45. The first-order valence-corrected chi connectivity index (χ1v) is 4.23. The normalized spacial score (nSPS) is 15.4. The summed E-state index contributed by atoms with van der Waals surface area (Å²) in [7, 11) is 0. The molecule has 60 valence electrons. The fourth-order valence-corrected chi connectivity index (χ4v) is 0.739. The van der Waals surface area contributed by atoms with Gasteiger partial charge in [-0.3, -0.25) is 4.99 Å². The Morgan fingerprint density at radius 1 is 1.40 bits per heavy atom. The molecule has 0 fully saturated rings. The van der Waals surface area contributed by atoms with Gasteiger partial charge in [-0.05, 0) is 25.7 Å². The zero-order chi connectivity index (χ0) is 7.98. The summed E-state index contributed by atoms with van der Waals surface area (Å²) in [5.41, 5.74) is 1.31. The first kappa shape index (κ1) is 9.67. The van der Waals surface area contributed by atoms with Crippen LogP contribution in [0.3, 0.4) is 0 Å². The largest absolute Gasteiger partial charge is 0.294 e. The van der Waals surface area contributed by atoms with Gasteiger partial charge in [0.1, 0.15) is 0 Å². The molecule has 0 N–H and O–H groups in total. The van der Waals surface area contributed by atoms with Gasteiger partial charge in [0.05, 0.1) is 0 Å². The summed E-state index contributed by atoms with van der Waals surface area (Å²) in [6, 6.07) is 0. The number of rotatable bonds is 4. The topological polar surface area (TPSA) is 12.4 Å². The lowest BCUT2D eigenvalue weighted by Crippen LogP contribution is -2.05. The van der Waals surface area contributed by atoms with E-state index < -0.39 is 0 Å². The molecule has 0 aliphatic heterocycles. The van der Waals surface area contributed by atoms with E-state index in [0.29, 0.717) is 5.92 Å². The Morgan fingerprint density at radius 3 is 2.40 bits per heavy atom. The molecule has 0 heterocycles. The van der Waals surface area contributed by atoms with Gasteiger partial charge >= 0.3 is 0 Å². The Balaban J connectivity index is 3.67. The maximum absolute atomic E-state index is 4.43. The van der Waals surface area contributed by atoms with Gasteiger partial charge in [0, 0.05) is 12.3 Å². The summed E-state index contributed by atoms with van der Waals surface area (Å²) >= 11 is 0. The lowest BCUT2D eigenvalue weighted by atomic mass is 10.0. The fraction of sp³-hybridized carbons (Fsp3) is 0.889. The van der Waals surface area contributed by atoms with Crippen molar-refractivity contribution in [2.75, 3.05) is 6.54 Å². The fourth-order valence-electron chi connectivity index (χ4n) is 0.739. The number of hydrogen-bond acceptors (Lipinski definition) is 1. The summed E-state index contributed by atoms with van der Waals surface area (Å²) in [5, 5.41) is 0. The van der Waals surface area contributed by atoms with E-state index in [4.69, 9.17) is 0 Å². The minimum absolute atomic E-state index is 0.673. The number of nitrogens with zero attached hydrogens (tertiary/aromatic N) is 1. The SMILES string of the molecule is CCCN=C(C)C(C)CC. The van der Waals surface area contributed by atoms with E-state index >= 15 is 0 Å². The third-order valence-electron chi connectivity index (χ3n) is 1.91. The van der Waals surface area contributed by atoms with Crippen LogP contribution in [0.25, 0.3) is 0 Å². The van der Waals surface area contributed by atoms with Gasteiger partial charge < -0.3 is 0 Å². The molecular weight excluding hydrogens is 122 g/mol. The highest BCUT2D eigenvalue weighted by atomic mass is 14.7. The Morgan fingerprint density at radius 2 is 2.00 bits per heavy atom. The maximum atomic E-state index is 4.43. The van der Waals surface area contributed by atoms with Crippen LogP contribution >= 0.6 is 0 Å². The number of hydrogen-bond donors (Lipinski definition) is 0. The molecular formula is C9H19N. The van der Waals surface area contributed by atoms with Crippen LogP contribution in [0.4, 0.5) is 0 Å². The Hall–Kier alpha value is -0.330. The van der Waals surface area contributed by atoms with Crippen LogP contribution in [-0.4, -0.2) is 12.3 Å². The monoisotopic (exact) mass is 141 g/mol. The van der Waals surface area contributed by atoms with E-state index in [-0.39, 0.29) is 0 Å². The van der Waals surface area contributed by atoms with Gasteiger partial charge in [0.15, 0.2) is 0 Å². The Labute approximate surface area is 64.6 Å². The predicted molar refractivity (Wildman–Crippen MR) is 47.7 cm³/mol. The van der Waals surface area contributed by atoms with Gasteiger partial charge in [-0.25, -0.2) is 0 Å². The van der Waals surface area contributed by atoms with Crippen molar-refractivity contribution in [3.05, 3.63) is 0 Å². The second-order valence-electron chi connectivity index (χ2n) is 2.83. The van der Waals surface area contributed by atoms with E-state index in [1.54, 1.807) is 0 Å². The molecule has 1 atom stereocenters. The van der Waals surface area contributed by atoms with E-state index in [0.717, 1.165) is 13.0 Å². The third kappa shape index (κ3) is 3.65. The van der Waals surface area contributed by atoms with E-state index in [9.17, 15) is 0 Å². The van der Waals surface area contributed by atoms with Gasteiger partial charge in [-0.2, -0.15) is 0 Å². The molecule has 0 aliphatic rings. The smallest absolute Gasteiger partial charge is 0.0386 e. The maximum Gasteiger partial charge on any atom is 0.0386 e. The van der Waals surface area contributed by atoms with E-state index in [1.165, 1.54) is 12.1 Å². The van der Waals surface area contributed by atoms with Crippen LogP contribution in [0.15, 0.2) is 4.99 Å². The highest BCUT2D eigenvalue weighted by molar-refractivity contribution is 5.83. The second-order valence-corrected chi connectivity index (χ2v) is 2.83. The first-order chi connectivity index (χ1) is 4.72. The minimum Gasteiger partial charge on any atom is -0.294 e. The summed E-state index contributed by atoms with van der Waals surface area (Å²) < 4.78 is 0. The van der Waals surface area contributed by atoms with E-state index in [2.05, 4.69) is 32.7 Å². The summed E-state index contributed by atoms with van der Waals surface area (Å²) in [6.45, 7) is 9.72. The lowest BCUT2D eigenvalue weighted by Gasteiger charge is -2.06. The molecule has 0 spiro atoms. The molecule has 0 bridgehead atoms. The average Bonchev–Trinajstić information content (AvgIpc) is 1.98. The predicted octanol–water partition coefficient (Wildman–Crippen LogP) is 2.90. The molecule has 0 amide bonds. The van der Waals surface area contributed by atoms with Crippen molar-refractivity contribution in [2.24, 2.45) is 10.9 Å². The summed E-state index contributed by atoms with van der Waals surface area (Å²) in [4.78, 5) is 4.43. The zero-order valence-corrected chi connectivity index (χ0v) is 7.65. The third-order valence-corrected chi connectivity index (χ3v) is 1.91. The molecule has 0 aromatic carbocycles. The minimum atomic E-state index is 0.673. The molecule has 0 aromatic rings. The van der Waals surface area contributed by atoms with Crippen LogP contribution in [-0.2, 0) is 0 Å². The summed E-state index contributed by atoms with van der Waals surface area (Å²) in [5.74, 6) is 0.673. The van der Waals surface area contributed by atoms with Gasteiger partial charge in [0.2, 0.25) is 0 Å². The summed E-state index contributed by atoms with van der Waals surface area (Å²) in [6.07, 6.45) is 2.37. The Kier molecular flexibility index (Phi) is 5.27. The zero-order valence-electron chi connectivity index (χ0n) is 7.65. The van der Waals surface area contributed by atoms with Gasteiger partial charge in [-0.15, -0.1) is 0 Å². The molecule has 0 aromatic heterocycles. The molecule has 1 nitrogen and oxygen atoms in total. The highest BCUT2D eigenvalue weighted by Crippen LogP contribution is 2.03. The van der Waals surface area contributed by atoms with Crippen LogP contribution < -0.4 is 0 Å². The van der Waals surface area contributed by atoms with Crippen molar-refractivity contribution < 1.29 is 0 Å². The average molecular weight is 141 g/mol. The lowest BCUT2D eigenvalue weighted by molar-refractivity contribution is 0.728. The first-order valence-electron chi connectivity index (χ1n) is 4.23. The quantitative estimate of drug-likeness (QED) is 0.534. The molecule has 0 radical (unpaired) electrons. The molecule has 1 heteroatoms. The highest BCUT2D eigenvalue weighted by Gasteiger charge is 2.00. The van der Waals surface area contributed by atoms with Crippen LogP contribution in [0.1, 0.15) is 40.5 Å². The van der Waals surface area contributed by atoms with Crippen molar-refractivity contribution in [3.63, 3.8) is 0 Å². The van der Waals surface area contributed by atoms with Crippen molar-refractivity contribution >= 4 is 5.71 Å². The van der Waals surface area contributed by atoms with Crippen LogP contribution in [0, 0.1) is 5.92 Å². The number of aliphatic imine (C=N–C) groups is 1. The molecule has 1 unspecified atom stereocenters. The van der Waals surface area contributed by atoms with Crippen molar-refractivity contribution in [2.45, 2.75) is 40.5 Å². The molecule has 0 saturated heterocycles. The van der Waals surface area contributed by atoms with Gasteiger partial charge in [0.25, 0.3) is 0 Å². The van der Waals surface area contributed by atoms with Crippen molar-refractivity contribution in [1.29, 1.82) is 0 Å². The van der Waals surface area contributed by atoms with Crippen molar-refractivity contribution in [3.8, 4) is 0 Å². The molecule has 0 rings (SSSR count). The van der Waals surface area contributed by atoms with E-state index in [1.807, 2.05) is 0 Å². The molecule has 0 saturated carbocycles. The van der Waals surface area contributed by atoms with Crippen LogP contribution in [0.2, 0.25) is 0 Å². The Bertz CT molecular complexity index is 105. The van der Waals surface area contributed by atoms with Gasteiger partial charge in [-0.1, -0.05) is 20.8 Å². The van der Waals surface area contributed by atoms with Crippen molar-refractivity contribution in [1.82, 2.24) is 0 Å². The molecule has 0 aliphatic carbocycles.